The number of carbonyl (C=O) groups is 2. The van der Waals surface area contributed by atoms with Crippen LogP contribution < -0.4 is 5.32 Å². The van der Waals surface area contributed by atoms with Crippen molar-refractivity contribution in [1.82, 2.24) is 0 Å². The SMILES string of the molecule is CC(=O)Nc1sc(C)c(C)c1C(=O)OCc1ccc(C(F)(F)F)cc1. The van der Waals surface area contributed by atoms with Crippen molar-refractivity contribution in [2.75, 3.05) is 5.32 Å². The van der Waals surface area contributed by atoms with Crippen LogP contribution in [0.5, 0.6) is 0 Å². The molecule has 8 heteroatoms. The summed E-state index contributed by atoms with van der Waals surface area (Å²) in [6.45, 7) is 4.73. The molecule has 0 aliphatic carbocycles. The van der Waals surface area contributed by atoms with Crippen molar-refractivity contribution in [2.24, 2.45) is 0 Å². The van der Waals surface area contributed by atoms with Gasteiger partial charge in [0.2, 0.25) is 5.91 Å². The first-order valence-corrected chi connectivity index (χ1v) is 8.12. The highest BCUT2D eigenvalue weighted by Gasteiger charge is 2.30. The highest BCUT2D eigenvalue weighted by molar-refractivity contribution is 7.16. The second-order valence-corrected chi connectivity index (χ2v) is 6.66. The van der Waals surface area contributed by atoms with Gasteiger partial charge in [0.1, 0.15) is 11.6 Å². The maximum absolute atomic E-state index is 12.5. The van der Waals surface area contributed by atoms with Crippen LogP contribution in [0.25, 0.3) is 0 Å². The Bertz CT molecular complexity index is 795. The zero-order valence-corrected chi connectivity index (χ0v) is 14.6. The fraction of sp³-hybridized carbons (Fsp3) is 0.294. The second-order valence-electron chi connectivity index (χ2n) is 5.44. The van der Waals surface area contributed by atoms with E-state index < -0.39 is 17.7 Å². The molecule has 1 aromatic heterocycles. The molecule has 2 rings (SSSR count). The van der Waals surface area contributed by atoms with Gasteiger partial charge in [0.05, 0.1) is 11.1 Å². The van der Waals surface area contributed by atoms with Crippen LogP contribution in [0.2, 0.25) is 0 Å². The topological polar surface area (TPSA) is 55.4 Å². The maximum Gasteiger partial charge on any atom is 0.416 e. The van der Waals surface area contributed by atoms with Gasteiger partial charge in [0, 0.05) is 11.8 Å². The number of thiophene rings is 1. The van der Waals surface area contributed by atoms with E-state index in [-0.39, 0.29) is 18.1 Å². The lowest BCUT2D eigenvalue weighted by Gasteiger charge is -2.09. The smallest absolute Gasteiger partial charge is 0.416 e. The van der Waals surface area contributed by atoms with Crippen LogP contribution >= 0.6 is 11.3 Å². The summed E-state index contributed by atoms with van der Waals surface area (Å²) in [6.07, 6.45) is -4.41. The second kappa shape index (κ2) is 7.26. The minimum absolute atomic E-state index is 0.162. The summed E-state index contributed by atoms with van der Waals surface area (Å²) >= 11 is 1.27. The van der Waals surface area contributed by atoms with Crippen LogP contribution in [0.15, 0.2) is 24.3 Å². The van der Waals surface area contributed by atoms with Crippen LogP contribution in [0.3, 0.4) is 0 Å². The summed E-state index contributed by atoms with van der Waals surface area (Å²) in [5, 5.41) is 2.99. The third-order valence-electron chi connectivity index (χ3n) is 3.53. The Labute approximate surface area is 146 Å². The van der Waals surface area contributed by atoms with Gasteiger partial charge in [-0.15, -0.1) is 11.3 Å². The molecule has 1 amide bonds. The Morgan fingerprint density at radius 3 is 2.28 bits per heavy atom. The number of ether oxygens (including phenoxy) is 1. The van der Waals surface area contributed by atoms with E-state index in [9.17, 15) is 22.8 Å². The summed E-state index contributed by atoms with van der Waals surface area (Å²) in [5.74, 6) is -0.941. The predicted molar refractivity (Wildman–Crippen MR) is 88.7 cm³/mol. The molecule has 0 spiro atoms. The molecule has 1 aromatic carbocycles. The summed E-state index contributed by atoms with van der Waals surface area (Å²) in [4.78, 5) is 24.5. The maximum atomic E-state index is 12.5. The third kappa shape index (κ3) is 4.60. The standard InChI is InChI=1S/C17H16F3NO3S/c1-9-10(2)25-15(21-11(3)22)14(9)16(23)24-8-12-4-6-13(7-5-12)17(18,19)20/h4-7H,8H2,1-3H3,(H,21,22). The minimum Gasteiger partial charge on any atom is -0.457 e. The van der Waals surface area contributed by atoms with Crippen molar-refractivity contribution in [3.8, 4) is 0 Å². The Hall–Kier alpha value is -2.35. The van der Waals surface area contributed by atoms with Crippen LogP contribution in [-0.2, 0) is 22.3 Å². The molecule has 4 nitrogen and oxygen atoms in total. The number of hydrogen-bond donors (Lipinski definition) is 1. The molecule has 2 aromatic rings. The normalized spacial score (nSPS) is 11.3. The van der Waals surface area contributed by atoms with E-state index in [4.69, 9.17) is 4.74 Å². The molecule has 134 valence electrons. The number of benzene rings is 1. The largest absolute Gasteiger partial charge is 0.457 e. The number of nitrogens with one attached hydrogen (secondary N) is 1. The zero-order chi connectivity index (χ0) is 18.8. The average Bonchev–Trinajstić information content (AvgIpc) is 2.78. The first-order chi connectivity index (χ1) is 11.6. The lowest BCUT2D eigenvalue weighted by Crippen LogP contribution is -2.12. The lowest BCUT2D eigenvalue weighted by atomic mass is 10.1. The van der Waals surface area contributed by atoms with E-state index >= 15 is 0 Å². The molecule has 0 aliphatic rings. The van der Waals surface area contributed by atoms with Gasteiger partial charge in [0.25, 0.3) is 0 Å². The number of esters is 1. The quantitative estimate of drug-likeness (QED) is 0.793. The van der Waals surface area contributed by atoms with Gasteiger partial charge in [0.15, 0.2) is 0 Å². The van der Waals surface area contributed by atoms with Crippen molar-refractivity contribution in [2.45, 2.75) is 33.6 Å². The molecule has 0 bridgehead atoms. The molecule has 0 aliphatic heterocycles. The molecular weight excluding hydrogens is 355 g/mol. The Morgan fingerprint density at radius 1 is 1.16 bits per heavy atom. The Kier molecular flexibility index (Phi) is 5.52. The van der Waals surface area contributed by atoms with Crippen LogP contribution in [0.4, 0.5) is 18.2 Å². The summed E-state index contributed by atoms with van der Waals surface area (Å²) in [7, 11) is 0. The van der Waals surface area contributed by atoms with Crippen molar-refractivity contribution >= 4 is 28.2 Å². The Balaban J connectivity index is 2.11. The molecule has 0 atom stereocenters. The van der Waals surface area contributed by atoms with Gasteiger partial charge in [-0.25, -0.2) is 4.79 Å². The number of hydrogen-bond acceptors (Lipinski definition) is 4. The highest BCUT2D eigenvalue weighted by Crippen LogP contribution is 2.33. The fourth-order valence-electron chi connectivity index (χ4n) is 2.13. The average molecular weight is 371 g/mol. The minimum atomic E-state index is -4.41. The Morgan fingerprint density at radius 2 is 1.76 bits per heavy atom. The first kappa shape index (κ1) is 19.0. The van der Waals surface area contributed by atoms with E-state index in [1.807, 2.05) is 6.92 Å². The lowest BCUT2D eigenvalue weighted by molar-refractivity contribution is -0.137. The van der Waals surface area contributed by atoms with Crippen molar-refractivity contribution in [1.29, 1.82) is 0 Å². The van der Waals surface area contributed by atoms with Gasteiger partial charge in [-0.3, -0.25) is 4.79 Å². The fourth-order valence-corrected chi connectivity index (χ4v) is 3.23. The molecule has 1 heterocycles. The van der Waals surface area contributed by atoms with Gasteiger partial charge in [-0.05, 0) is 37.1 Å². The van der Waals surface area contributed by atoms with Gasteiger partial charge in [-0.2, -0.15) is 13.2 Å². The van der Waals surface area contributed by atoms with Crippen LogP contribution in [-0.4, -0.2) is 11.9 Å². The van der Waals surface area contributed by atoms with Crippen LogP contribution in [0, 0.1) is 13.8 Å². The van der Waals surface area contributed by atoms with Gasteiger partial charge >= 0.3 is 12.1 Å². The number of amides is 1. The molecule has 0 unspecified atom stereocenters. The molecule has 25 heavy (non-hydrogen) atoms. The number of aryl methyl sites for hydroxylation is 1. The zero-order valence-electron chi connectivity index (χ0n) is 13.8. The van der Waals surface area contributed by atoms with Gasteiger partial charge in [-0.1, -0.05) is 12.1 Å². The van der Waals surface area contributed by atoms with Gasteiger partial charge < -0.3 is 10.1 Å². The van der Waals surface area contributed by atoms with E-state index in [2.05, 4.69) is 5.32 Å². The molecule has 0 fully saturated rings. The number of anilines is 1. The third-order valence-corrected chi connectivity index (χ3v) is 4.65. The van der Waals surface area contributed by atoms with E-state index in [1.54, 1.807) is 6.92 Å². The number of alkyl halides is 3. The summed E-state index contributed by atoms with van der Waals surface area (Å²) < 4.78 is 42.8. The number of halogens is 3. The van der Waals surface area contributed by atoms with Crippen LogP contribution in [0.1, 0.15) is 38.8 Å². The van der Waals surface area contributed by atoms with E-state index in [0.717, 1.165) is 17.0 Å². The monoisotopic (exact) mass is 371 g/mol. The highest BCUT2D eigenvalue weighted by atomic mass is 32.1. The van der Waals surface area contributed by atoms with Crippen molar-refractivity contribution in [3.63, 3.8) is 0 Å². The van der Waals surface area contributed by atoms with E-state index in [0.29, 0.717) is 16.1 Å². The number of rotatable bonds is 4. The summed E-state index contributed by atoms with van der Waals surface area (Å²) in [6, 6.07) is 4.39. The first-order valence-electron chi connectivity index (χ1n) is 7.30. The van der Waals surface area contributed by atoms with Crippen molar-refractivity contribution in [3.05, 3.63) is 51.4 Å². The molecular formula is C17H16F3NO3S. The number of carbonyl (C=O) groups excluding carboxylic acids is 2. The molecule has 1 N–H and O–H groups in total. The predicted octanol–water partition coefficient (Wildman–Crippen LogP) is 4.70. The molecule has 0 radical (unpaired) electrons. The molecule has 0 saturated carbocycles. The van der Waals surface area contributed by atoms with Crippen molar-refractivity contribution < 1.29 is 27.5 Å². The molecule has 0 saturated heterocycles. The summed E-state index contributed by atoms with van der Waals surface area (Å²) in [5.41, 5.74) is 0.641. The van der Waals surface area contributed by atoms with E-state index in [1.165, 1.54) is 30.4 Å².